The van der Waals surface area contributed by atoms with Crippen LogP contribution < -0.4 is 0 Å². The molecule has 0 aliphatic heterocycles. The van der Waals surface area contributed by atoms with Crippen molar-refractivity contribution in [3.05, 3.63) is 5.92 Å². The molecule has 0 nitrogen and oxygen atoms in total. The van der Waals surface area contributed by atoms with Gasteiger partial charge in [-0.1, -0.05) is 51.9 Å². The van der Waals surface area contributed by atoms with Crippen molar-refractivity contribution in [1.29, 1.82) is 0 Å². The van der Waals surface area contributed by atoms with Crippen LogP contribution in [-0.4, -0.2) is 0 Å². The van der Waals surface area contributed by atoms with E-state index in [4.69, 9.17) is 0 Å². The Morgan fingerprint density at radius 3 is 2.07 bits per heavy atom. The van der Waals surface area contributed by atoms with Crippen molar-refractivity contribution < 1.29 is 0 Å². The van der Waals surface area contributed by atoms with Gasteiger partial charge in [0.2, 0.25) is 0 Å². The van der Waals surface area contributed by atoms with E-state index in [9.17, 15) is 0 Å². The van der Waals surface area contributed by atoms with Crippen molar-refractivity contribution in [2.24, 2.45) is 11.8 Å². The minimum absolute atomic E-state index is 1.02. The Balaban J connectivity index is 1.79. The summed E-state index contributed by atoms with van der Waals surface area (Å²) in [5.74, 6) is 4.02. The first-order valence-electron chi connectivity index (χ1n) is 7.24. The van der Waals surface area contributed by atoms with Crippen LogP contribution in [0.25, 0.3) is 0 Å². The lowest BCUT2D eigenvalue weighted by Gasteiger charge is -2.30. The van der Waals surface area contributed by atoms with Gasteiger partial charge in [-0.2, -0.15) is 0 Å². The summed E-state index contributed by atoms with van der Waals surface area (Å²) in [6, 6.07) is 0. The van der Waals surface area contributed by atoms with Crippen molar-refractivity contribution in [1.82, 2.24) is 0 Å². The molecular weight excluding hydrogens is 180 g/mol. The fourth-order valence-electron chi connectivity index (χ4n) is 3.70. The molecular formula is C15H27. The zero-order valence-corrected chi connectivity index (χ0v) is 10.4. The third-order valence-electron chi connectivity index (χ3n) is 4.66. The largest absolute Gasteiger partial charge is 0.0648 e. The molecule has 2 aliphatic rings. The minimum Gasteiger partial charge on any atom is -0.0648 e. The van der Waals surface area contributed by atoms with Crippen LogP contribution in [0.5, 0.6) is 0 Å². The molecule has 0 heterocycles. The summed E-state index contributed by atoms with van der Waals surface area (Å²) in [6.45, 7) is 2.39. The Morgan fingerprint density at radius 2 is 1.47 bits per heavy atom. The van der Waals surface area contributed by atoms with Crippen molar-refractivity contribution in [2.45, 2.75) is 77.6 Å². The minimum atomic E-state index is 1.02. The van der Waals surface area contributed by atoms with Gasteiger partial charge in [-0.25, -0.2) is 0 Å². The average Bonchev–Trinajstić information content (AvgIpc) is 2.80. The van der Waals surface area contributed by atoms with Gasteiger partial charge in [-0.15, -0.1) is 0 Å². The lowest BCUT2D eigenvalue weighted by atomic mass is 9.75. The Morgan fingerprint density at radius 1 is 0.867 bits per heavy atom. The van der Waals surface area contributed by atoms with E-state index in [-0.39, 0.29) is 0 Å². The second kappa shape index (κ2) is 5.92. The fraction of sp³-hybridized carbons (Fsp3) is 0.933. The Hall–Kier alpha value is 0. The van der Waals surface area contributed by atoms with Crippen molar-refractivity contribution in [3.63, 3.8) is 0 Å². The monoisotopic (exact) mass is 207 g/mol. The summed E-state index contributed by atoms with van der Waals surface area (Å²) in [5.41, 5.74) is 0. The van der Waals surface area contributed by atoms with Crippen LogP contribution in [0.2, 0.25) is 0 Å². The quantitative estimate of drug-likeness (QED) is 0.599. The summed E-state index contributed by atoms with van der Waals surface area (Å²) in [5, 5.41) is 0. The molecule has 0 aromatic heterocycles. The van der Waals surface area contributed by atoms with E-state index in [1.807, 2.05) is 5.92 Å². The number of hydrogen-bond acceptors (Lipinski definition) is 0. The van der Waals surface area contributed by atoms with Crippen molar-refractivity contribution >= 4 is 0 Å². The molecule has 2 fully saturated rings. The van der Waals surface area contributed by atoms with Crippen LogP contribution in [0.3, 0.4) is 0 Å². The summed E-state index contributed by atoms with van der Waals surface area (Å²) < 4.78 is 0. The number of rotatable bonds is 4. The molecule has 15 heavy (non-hydrogen) atoms. The van der Waals surface area contributed by atoms with Gasteiger partial charge >= 0.3 is 0 Å². The lowest BCUT2D eigenvalue weighted by Crippen LogP contribution is -2.17. The molecule has 0 aromatic carbocycles. The summed E-state index contributed by atoms with van der Waals surface area (Å²) in [7, 11) is 0. The average molecular weight is 207 g/mol. The molecule has 0 saturated heterocycles. The lowest BCUT2D eigenvalue weighted by molar-refractivity contribution is 0.327. The fourth-order valence-corrected chi connectivity index (χ4v) is 3.70. The van der Waals surface area contributed by atoms with E-state index in [1.54, 1.807) is 0 Å². The molecule has 0 heteroatoms. The van der Waals surface area contributed by atoms with Gasteiger partial charge in [0.15, 0.2) is 0 Å². The molecule has 0 unspecified atom stereocenters. The van der Waals surface area contributed by atoms with Crippen LogP contribution in [0.1, 0.15) is 77.6 Å². The van der Waals surface area contributed by atoms with Crippen molar-refractivity contribution in [2.75, 3.05) is 0 Å². The van der Waals surface area contributed by atoms with E-state index in [1.165, 1.54) is 70.6 Å². The third-order valence-corrected chi connectivity index (χ3v) is 4.66. The van der Waals surface area contributed by atoms with E-state index < -0.39 is 0 Å². The molecule has 87 valence electrons. The van der Waals surface area contributed by atoms with Gasteiger partial charge in [-0.05, 0) is 43.4 Å². The highest BCUT2D eigenvalue weighted by Gasteiger charge is 2.26. The normalized spacial score (nSPS) is 25.2. The van der Waals surface area contributed by atoms with E-state index >= 15 is 0 Å². The van der Waals surface area contributed by atoms with E-state index in [0.29, 0.717) is 0 Å². The van der Waals surface area contributed by atoms with E-state index in [0.717, 1.165) is 11.8 Å². The molecule has 0 atom stereocenters. The molecule has 0 N–H and O–H groups in total. The summed E-state index contributed by atoms with van der Waals surface area (Å²) >= 11 is 0. The first-order valence-corrected chi connectivity index (χ1v) is 7.24. The molecule has 0 spiro atoms. The summed E-state index contributed by atoms with van der Waals surface area (Å²) in [6.07, 6.45) is 16.4. The Bertz CT molecular complexity index is 161. The standard InChI is InChI=1S/C15H27/c1-2-14(12-13-8-6-7-9-13)15-10-4-3-5-11-15/h13,15H,2-12H2,1H3. The molecule has 2 saturated carbocycles. The predicted molar refractivity (Wildman–Crippen MR) is 66.7 cm³/mol. The van der Waals surface area contributed by atoms with Crippen LogP contribution in [0, 0.1) is 17.8 Å². The topological polar surface area (TPSA) is 0 Å². The second-order valence-corrected chi connectivity index (χ2v) is 5.70. The van der Waals surface area contributed by atoms with Gasteiger partial charge in [0.05, 0.1) is 0 Å². The predicted octanol–water partition coefficient (Wildman–Crippen LogP) is 5.13. The SMILES string of the molecule is CC[C](CC1CCCC1)C1CCCCC1. The molecule has 2 rings (SSSR count). The molecule has 0 bridgehead atoms. The van der Waals surface area contributed by atoms with Gasteiger partial charge in [0.25, 0.3) is 0 Å². The molecule has 0 amide bonds. The highest BCUT2D eigenvalue weighted by atomic mass is 14.3. The van der Waals surface area contributed by atoms with Gasteiger partial charge in [0.1, 0.15) is 0 Å². The smallest absolute Gasteiger partial charge is 0.0210 e. The Labute approximate surface area is 95.8 Å². The zero-order valence-electron chi connectivity index (χ0n) is 10.4. The molecule has 0 aromatic rings. The van der Waals surface area contributed by atoms with Gasteiger partial charge < -0.3 is 0 Å². The maximum Gasteiger partial charge on any atom is -0.0210 e. The highest BCUT2D eigenvalue weighted by molar-refractivity contribution is 4.98. The van der Waals surface area contributed by atoms with Crippen LogP contribution in [0.4, 0.5) is 0 Å². The first kappa shape index (κ1) is 11.5. The van der Waals surface area contributed by atoms with Gasteiger partial charge in [-0.3, -0.25) is 0 Å². The van der Waals surface area contributed by atoms with Crippen LogP contribution in [-0.2, 0) is 0 Å². The van der Waals surface area contributed by atoms with E-state index in [2.05, 4.69) is 6.92 Å². The first-order chi connectivity index (χ1) is 7.40. The zero-order chi connectivity index (χ0) is 10.5. The third kappa shape index (κ3) is 3.23. The Kier molecular flexibility index (Phi) is 4.53. The van der Waals surface area contributed by atoms with Crippen molar-refractivity contribution in [3.8, 4) is 0 Å². The summed E-state index contributed by atoms with van der Waals surface area (Å²) in [4.78, 5) is 0. The maximum absolute atomic E-state index is 2.39. The van der Waals surface area contributed by atoms with Crippen LogP contribution in [0.15, 0.2) is 0 Å². The second-order valence-electron chi connectivity index (χ2n) is 5.70. The van der Waals surface area contributed by atoms with Gasteiger partial charge in [0, 0.05) is 0 Å². The molecule has 2 aliphatic carbocycles. The molecule has 1 radical (unpaired) electrons. The van der Waals surface area contributed by atoms with Crippen LogP contribution >= 0.6 is 0 Å². The highest BCUT2D eigenvalue weighted by Crippen LogP contribution is 2.40. The number of hydrogen-bond donors (Lipinski definition) is 0. The maximum atomic E-state index is 2.39.